The molecule has 0 bridgehead atoms. The van der Waals surface area contributed by atoms with Crippen LogP contribution in [0.2, 0.25) is 0 Å². The van der Waals surface area contributed by atoms with Gasteiger partial charge < -0.3 is 15.5 Å². The van der Waals surface area contributed by atoms with E-state index in [2.05, 4.69) is 33.0 Å². The van der Waals surface area contributed by atoms with E-state index in [-0.39, 0.29) is 18.6 Å². The molecule has 0 atom stereocenters. The summed E-state index contributed by atoms with van der Waals surface area (Å²) in [5, 5.41) is 20.2. The molecule has 3 heteroatoms. The summed E-state index contributed by atoms with van der Waals surface area (Å²) in [5.41, 5.74) is -0.306. The van der Waals surface area contributed by atoms with Crippen molar-refractivity contribution in [2.75, 3.05) is 13.2 Å². The van der Waals surface area contributed by atoms with Crippen LogP contribution in [0.3, 0.4) is 0 Å². The average Bonchev–Trinajstić information content (AvgIpc) is 2.03. The molecule has 0 aromatic rings. The molecule has 3 N–H and O–H groups in total. The van der Waals surface area contributed by atoms with Crippen molar-refractivity contribution in [1.82, 2.24) is 5.32 Å². The first-order valence-electron chi connectivity index (χ1n) is 5.23. The van der Waals surface area contributed by atoms with Gasteiger partial charge in [0, 0.05) is 17.5 Å². The molecule has 0 aliphatic carbocycles. The van der Waals surface area contributed by atoms with Crippen LogP contribution in [0.4, 0.5) is 0 Å². The number of hydrogen-bond donors (Lipinski definition) is 3. The SMILES string of the molecule is CC(C)(CO)CO.CC(C)NC(C)C. The van der Waals surface area contributed by atoms with Crippen LogP contribution in [-0.2, 0) is 0 Å². The highest BCUT2D eigenvalue weighted by Gasteiger charge is 2.13. The van der Waals surface area contributed by atoms with Crippen LogP contribution in [0.1, 0.15) is 41.5 Å². The fourth-order valence-electron chi connectivity index (χ4n) is 0.717. The van der Waals surface area contributed by atoms with E-state index in [0.29, 0.717) is 12.1 Å². The Morgan fingerprint density at radius 1 is 0.929 bits per heavy atom. The van der Waals surface area contributed by atoms with E-state index in [1.165, 1.54) is 0 Å². The zero-order valence-corrected chi connectivity index (χ0v) is 10.5. The van der Waals surface area contributed by atoms with Crippen molar-refractivity contribution in [2.24, 2.45) is 5.41 Å². The zero-order valence-electron chi connectivity index (χ0n) is 10.5. The summed E-state index contributed by atoms with van der Waals surface area (Å²) in [7, 11) is 0. The van der Waals surface area contributed by atoms with Crippen molar-refractivity contribution < 1.29 is 10.2 Å². The minimum absolute atomic E-state index is 0.0451. The number of aliphatic hydroxyl groups is 2. The fourth-order valence-corrected chi connectivity index (χ4v) is 0.717. The molecule has 0 aliphatic heterocycles. The number of aliphatic hydroxyl groups excluding tert-OH is 2. The van der Waals surface area contributed by atoms with E-state index in [9.17, 15) is 0 Å². The molecule has 0 rings (SSSR count). The zero-order chi connectivity index (χ0) is 11.8. The molecule has 0 unspecified atom stereocenters. The standard InChI is InChI=1S/C6H15N.C5H12O2/c1-5(2)7-6(3)4;1-5(2,3-6)4-7/h5-7H,1-4H3;6-7H,3-4H2,1-2H3. The molecule has 0 heterocycles. The molecule has 0 saturated carbocycles. The molecule has 0 fully saturated rings. The quantitative estimate of drug-likeness (QED) is 0.650. The maximum Gasteiger partial charge on any atom is 0.0504 e. The van der Waals surface area contributed by atoms with E-state index in [0.717, 1.165) is 0 Å². The van der Waals surface area contributed by atoms with Gasteiger partial charge in [0.2, 0.25) is 0 Å². The number of nitrogens with one attached hydrogen (secondary N) is 1. The molecular formula is C11H27NO2. The highest BCUT2D eigenvalue weighted by Crippen LogP contribution is 2.10. The lowest BCUT2D eigenvalue weighted by molar-refractivity contribution is 0.0857. The first kappa shape index (κ1) is 16.3. The summed E-state index contributed by atoms with van der Waals surface area (Å²) >= 11 is 0. The first-order valence-corrected chi connectivity index (χ1v) is 5.23. The summed E-state index contributed by atoms with van der Waals surface area (Å²) in [4.78, 5) is 0. The van der Waals surface area contributed by atoms with Crippen LogP contribution in [-0.4, -0.2) is 35.5 Å². The van der Waals surface area contributed by atoms with Gasteiger partial charge in [-0.2, -0.15) is 0 Å². The minimum atomic E-state index is -0.306. The second kappa shape index (κ2) is 8.21. The molecule has 0 aliphatic rings. The smallest absolute Gasteiger partial charge is 0.0504 e. The molecule has 0 aromatic carbocycles. The predicted molar refractivity (Wildman–Crippen MR) is 61.4 cm³/mol. The Morgan fingerprint density at radius 2 is 1.21 bits per heavy atom. The number of rotatable bonds is 4. The lowest BCUT2D eigenvalue weighted by Gasteiger charge is -2.16. The fraction of sp³-hybridized carbons (Fsp3) is 1.00. The Balaban J connectivity index is 0. The van der Waals surface area contributed by atoms with Gasteiger partial charge in [0.15, 0.2) is 0 Å². The number of hydrogen-bond acceptors (Lipinski definition) is 3. The maximum atomic E-state index is 8.43. The Hall–Kier alpha value is -0.120. The second-order valence-corrected chi connectivity index (χ2v) is 4.96. The molecule has 0 aromatic heterocycles. The largest absolute Gasteiger partial charge is 0.396 e. The summed E-state index contributed by atoms with van der Waals surface area (Å²) in [6.45, 7) is 12.3. The van der Waals surface area contributed by atoms with Crippen molar-refractivity contribution in [3.63, 3.8) is 0 Å². The van der Waals surface area contributed by atoms with E-state index < -0.39 is 0 Å². The van der Waals surface area contributed by atoms with Crippen LogP contribution < -0.4 is 5.32 Å². The van der Waals surface area contributed by atoms with Crippen LogP contribution in [0.5, 0.6) is 0 Å². The normalized spacial score (nSPS) is 11.6. The van der Waals surface area contributed by atoms with Gasteiger partial charge in [0.1, 0.15) is 0 Å². The van der Waals surface area contributed by atoms with E-state index in [1.807, 2.05) is 0 Å². The average molecular weight is 205 g/mol. The third kappa shape index (κ3) is 14.4. The molecule has 0 radical (unpaired) electrons. The molecule has 3 nitrogen and oxygen atoms in total. The van der Waals surface area contributed by atoms with Crippen molar-refractivity contribution in [2.45, 2.75) is 53.6 Å². The van der Waals surface area contributed by atoms with Gasteiger partial charge in [0.05, 0.1) is 13.2 Å². The van der Waals surface area contributed by atoms with Crippen molar-refractivity contribution in [3.8, 4) is 0 Å². The van der Waals surface area contributed by atoms with Crippen molar-refractivity contribution in [1.29, 1.82) is 0 Å². The predicted octanol–water partition coefficient (Wildman–Crippen LogP) is 1.39. The molecule has 14 heavy (non-hydrogen) atoms. The molecule has 0 amide bonds. The van der Waals surface area contributed by atoms with Gasteiger partial charge >= 0.3 is 0 Å². The lowest BCUT2D eigenvalue weighted by Crippen LogP contribution is -2.29. The highest BCUT2D eigenvalue weighted by atomic mass is 16.3. The summed E-state index contributed by atoms with van der Waals surface area (Å²) in [6.07, 6.45) is 0. The van der Waals surface area contributed by atoms with Gasteiger partial charge in [0.25, 0.3) is 0 Å². The van der Waals surface area contributed by atoms with Crippen LogP contribution in [0, 0.1) is 5.41 Å². The van der Waals surface area contributed by atoms with Gasteiger partial charge in [-0.15, -0.1) is 0 Å². The van der Waals surface area contributed by atoms with Gasteiger partial charge in [-0.3, -0.25) is 0 Å². The van der Waals surface area contributed by atoms with Gasteiger partial charge in [-0.1, -0.05) is 41.5 Å². The third-order valence-corrected chi connectivity index (χ3v) is 1.52. The van der Waals surface area contributed by atoms with Crippen LogP contribution in [0.25, 0.3) is 0 Å². The van der Waals surface area contributed by atoms with Crippen molar-refractivity contribution >= 4 is 0 Å². The van der Waals surface area contributed by atoms with Crippen LogP contribution in [0.15, 0.2) is 0 Å². The first-order chi connectivity index (χ1) is 6.25. The van der Waals surface area contributed by atoms with E-state index in [4.69, 9.17) is 10.2 Å². The minimum Gasteiger partial charge on any atom is -0.396 e. The Morgan fingerprint density at radius 3 is 1.21 bits per heavy atom. The third-order valence-electron chi connectivity index (χ3n) is 1.52. The second-order valence-electron chi connectivity index (χ2n) is 4.96. The summed E-state index contributed by atoms with van der Waals surface area (Å²) in [5.74, 6) is 0. The van der Waals surface area contributed by atoms with Gasteiger partial charge in [-0.25, -0.2) is 0 Å². The Kier molecular flexibility index (Phi) is 9.57. The highest BCUT2D eigenvalue weighted by molar-refractivity contribution is 4.62. The molecule has 0 spiro atoms. The van der Waals surface area contributed by atoms with Crippen molar-refractivity contribution in [3.05, 3.63) is 0 Å². The Labute approximate surface area is 88.5 Å². The van der Waals surface area contributed by atoms with E-state index in [1.54, 1.807) is 13.8 Å². The molecular weight excluding hydrogens is 178 g/mol. The monoisotopic (exact) mass is 205 g/mol. The molecule has 88 valence electrons. The molecule has 0 saturated heterocycles. The summed E-state index contributed by atoms with van der Waals surface area (Å²) < 4.78 is 0. The maximum absolute atomic E-state index is 8.43. The lowest BCUT2D eigenvalue weighted by atomic mass is 9.97. The van der Waals surface area contributed by atoms with E-state index >= 15 is 0 Å². The topological polar surface area (TPSA) is 52.5 Å². The van der Waals surface area contributed by atoms with Gasteiger partial charge in [-0.05, 0) is 0 Å². The Bertz CT molecular complexity index is 110. The summed E-state index contributed by atoms with van der Waals surface area (Å²) in [6, 6.07) is 1.25. The van der Waals surface area contributed by atoms with Crippen LogP contribution >= 0.6 is 0 Å².